The third-order valence-corrected chi connectivity index (χ3v) is 3.35. The molecule has 0 amide bonds. The molecule has 0 radical (unpaired) electrons. The van der Waals surface area contributed by atoms with E-state index in [0.29, 0.717) is 11.9 Å². The Morgan fingerprint density at radius 1 is 1.35 bits per heavy atom. The van der Waals surface area contributed by atoms with Gasteiger partial charge in [0.05, 0.1) is 6.10 Å². The maximum Gasteiger partial charge on any atom is 0.295 e. The Labute approximate surface area is 99.7 Å². The number of aliphatic hydroxyl groups excluding tert-OH is 1. The first-order valence-electron chi connectivity index (χ1n) is 6.09. The van der Waals surface area contributed by atoms with E-state index in [1.807, 2.05) is 24.3 Å². The first kappa shape index (κ1) is 10.6. The second kappa shape index (κ2) is 4.37. The van der Waals surface area contributed by atoms with Gasteiger partial charge < -0.3 is 14.8 Å². The minimum atomic E-state index is -0.120. The standard InChI is InChI=1S/C13H16N2O2/c16-10-6-5-9(7-10)8-14-13-15-11-3-1-2-4-12(11)17-13/h1-4,9-10,16H,5-8H2,(H,14,15). The van der Waals surface area contributed by atoms with Crippen molar-refractivity contribution in [3.8, 4) is 0 Å². The summed E-state index contributed by atoms with van der Waals surface area (Å²) in [5, 5.41) is 12.7. The lowest BCUT2D eigenvalue weighted by Crippen LogP contribution is -2.12. The summed E-state index contributed by atoms with van der Waals surface area (Å²) in [6, 6.07) is 8.30. The highest BCUT2D eigenvalue weighted by molar-refractivity contribution is 5.74. The Bertz CT molecular complexity index is 476. The van der Waals surface area contributed by atoms with Gasteiger partial charge in [0, 0.05) is 6.54 Å². The maximum atomic E-state index is 9.44. The van der Waals surface area contributed by atoms with Crippen LogP contribution in [0.1, 0.15) is 19.3 Å². The summed E-state index contributed by atoms with van der Waals surface area (Å²) in [4.78, 5) is 4.35. The number of para-hydroxylation sites is 2. The molecule has 1 aromatic carbocycles. The number of hydrogen-bond acceptors (Lipinski definition) is 4. The Hall–Kier alpha value is -1.55. The highest BCUT2D eigenvalue weighted by atomic mass is 16.4. The molecule has 1 aliphatic rings. The molecule has 1 aromatic heterocycles. The SMILES string of the molecule is OC1CCC(CNc2nc3ccccc3o2)C1. The minimum absolute atomic E-state index is 0.120. The van der Waals surface area contributed by atoms with Crippen LogP contribution in [0.2, 0.25) is 0 Å². The largest absolute Gasteiger partial charge is 0.424 e. The molecule has 4 nitrogen and oxygen atoms in total. The molecule has 2 atom stereocenters. The number of rotatable bonds is 3. The molecule has 90 valence electrons. The fourth-order valence-corrected chi connectivity index (χ4v) is 2.41. The summed E-state index contributed by atoms with van der Waals surface area (Å²) in [7, 11) is 0. The van der Waals surface area contributed by atoms with E-state index in [-0.39, 0.29) is 6.10 Å². The van der Waals surface area contributed by atoms with Crippen LogP contribution in [0.5, 0.6) is 0 Å². The van der Waals surface area contributed by atoms with Gasteiger partial charge in [-0.25, -0.2) is 0 Å². The molecule has 0 saturated heterocycles. The molecule has 0 bridgehead atoms. The lowest BCUT2D eigenvalue weighted by molar-refractivity contribution is 0.178. The van der Waals surface area contributed by atoms with Crippen LogP contribution in [-0.4, -0.2) is 22.7 Å². The van der Waals surface area contributed by atoms with E-state index in [2.05, 4.69) is 10.3 Å². The highest BCUT2D eigenvalue weighted by Crippen LogP contribution is 2.26. The number of aliphatic hydroxyl groups is 1. The molecule has 1 saturated carbocycles. The van der Waals surface area contributed by atoms with Crippen molar-refractivity contribution in [2.75, 3.05) is 11.9 Å². The number of aromatic nitrogens is 1. The van der Waals surface area contributed by atoms with Crippen molar-refractivity contribution in [3.05, 3.63) is 24.3 Å². The van der Waals surface area contributed by atoms with Crippen molar-refractivity contribution in [2.45, 2.75) is 25.4 Å². The van der Waals surface area contributed by atoms with Gasteiger partial charge in [0.1, 0.15) is 5.52 Å². The van der Waals surface area contributed by atoms with Crippen molar-refractivity contribution in [1.82, 2.24) is 4.98 Å². The van der Waals surface area contributed by atoms with E-state index in [1.165, 1.54) is 0 Å². The summed E-state index contributed by atoms with van der Waals surface area (Å²) in [6.45, 7) is 0.823. The Kier molecular flexibility index (Phi) is 2.73. The van der Waals surface area contributed by atoms with Gasteiger partial charge in [-0.3, -0.25) is 0 Å². The van der Waals surface area contributed by atoms with Crippen LogP contribution in [0.3, 0.4) is 0 Å². The number of hydrogen-bond donors (Lipinski definition) is 2. The number of fused-ring (bicyclic) bond motifs is 1. The third-order valence-electron chi connectivity index (χ3n) is 3.35. The predicted octanol–water partition coefficient (Wildman–Crippen LogP) is 2.40. The lowest BCUT2D eigenvalue weighted by atomic mass is 10.1. The number of benzene rings is 1. The molecule has 17 heavy (non-hydrogen) atoms. The molecular weight excluding hydrogens is 216 g/mol. The molecule has 2 unspecified atom stereocenters. The Balaban J connectivity index is 1.65. The maximum absolute atomic E-state index is 9.44. The summed E-state index contributed by atoms with van der Waals surface area (Å²) in [5.41, 5.74) is 1.68. The number of nitrogens with one attached hydrogen (secondary N) is 1. The van der Waals surface area contributed by atoms with Crippen LogP contribution in [0.4, 0.5) is 6.01 Å². The molecule has 1 heterocycles. The van der Waals surface area contributed by atoms with Crippen LogP contribution >= 0.6 is 0 Å². The van der Waals surface area contributed by atoms with Crippen LogP contribution in [-0.2, 0) is 0 Å². The van der Waals surface area contributed by atoms with Crippen molar-refractivity contribution >= 4 is 17.1 Å². The van der Waals surface area contributed by atoms with Gasteiger partial charge in [-0.2, -0.15) is 4.98 Å². The highest BCUT2D eigenvalue weighted by Gasteiger charge is 2.22. The first-order valence-corrected chi connectivity index (χ1v) is 6.09. The zero-order valence-corrected chi connectivity index (χ0v) is 9.60. The van der Waals surface area contributed by atoms with Gasteiger partial charge in [-0.15, -0.1) is 0 Å². The van der Waals surface area contributed by atoms with Crippen molar-refractivity contribution < 1.29 is 9.52 Å². The molecule has 2 N–H and O–H groups in total. The molecule has 2 aromatic rings. The molecule has 1 fully saturated rings. The van der Waals surface area contributed by atoms with Crippen molar-refractivity contribution in [1.29, 1.82) is 0 Å². The van der Waals surface area contributed by atoms with Gasteiger partial charge in [0.15, 0.2) is 5.58 Å². The fourth-order valence-electron chi connectivity index (χ4n) is 2.41. The first-order chi connectivity index (χ1) is 8.31. The molecule has 1 aliphatic carbocycles. The van der Waals surface area contributed by atoms with Crippen molar-refractivity contribution in [2.24, 2.45) is 5.92 Å². The van der Waals surface area contributed by atoms with Crippen LogP contribution in [0, 0.1) is 5.92 Å². The third kappa shape index (κ3) is 2.26. The minimum Gasteiger partial charge on any atom is -0.424 e. The van der Waals surface area contributed by atoms with Gasteiger partial charge in [0.25, 0.3) is 6.01 Å². The zero-order valence-electron chi connectivity index (χ0n) is 9.60. The predicted molar refractivity (Wildman–Crippen MR) is 65.8 cm³/mol. The Morgan fingerprint density at radius 3 is 3.00 bits per heavy atom. The van der Waals surface area contributed by atoms with E-state index >= 15 is 0 Å². The summed E-state index contributed by atoms with van der Waals surface area (Å²) in [6.07, 6.45) is 2.76. The average molecular weight is 232 g/mol. The monoisotopic (exact) mass is 232 g/mol. The van der Waals surface area contributed by atoms with Gasteiger partial charge in [-0.05, 0) is 37.3 Å². The van der Waals surface area contributed by atoms with E-state index in [4.69, 9.17) is 4.42 Å². The van der Waals surface area contributed by atoms with Gasteiger partial charge in [-0.1, -0.05) is 12.1 Å². The number of anilines is 1. The second-order valence-corrected chi connectivity index (χ2v) is 4.70. The van der Waals surface area contributed by atoms with E-state index in [0.717, 1.165) is 36.9 Å². The molecule has 0 spiro atoms. The average Bonchev–Trinajstić information content (AvgIpc) is 2.91. The van der Waals surface area contributed by atoms with Gasteiger partial charge in [0.2, 0.25) is 0 Å². The molecule has 4 heteroatoms. The quantitative estimate of drug-likeness (QED) is 0.853. The Morgan fingerprint density at radius 2 is 2.24 bits per heavy atom. The topological polar surface area (TPSA) is 58.3 Å². The smallest absolute Gasteiger partial charge is 0.295 e. The number of nitrogens with zero attached hydrogens (tertiary/aromatic N) is 1. The van der Waals surface area contributed by atoms with Crippen LogP contribution < -0.4 is 5.32 Å². The van der Waals surface area contributed by atoms with Crippen molar-refractivity contribution in [3.63, 3.8) is 0 Å². The number of oxazole rings is 1. The summed E-state index contributed by atoms with van der Waals surface area (Å²) < 4.78 is 5.57. The molecular formula is C13H16N2O2. The van der Waals surface area contributed by atoms with Crippen LogP contribution in [0.25, 0.3) is 11.1 Å². The fraction of sp³-hybridized carbons (Fsp3) is 0.462. The lowest BCUT2D eigenvalue weighted by Gasteiger charge is -2.08. The second-order valence-electron chi connectivity index (χ2n) is 4.70. The van der Waals surface area contributed by atoms with E-state index in [1.54, 1.807) is 0 Å². The molecule has 0 aliphatic heterocycles. The summed E-state index contributed by atoms with van der Waals surface area (Å²) >= 11 is 0. The summed E-state index contributed by atoms with van der Waals surface area (Å²) in [5.74, 6) is 0.528. The molecule has 3 rings (SSSR count). The normalized spacial score (nSPS) is 24.3. The van der Waals surface area contributed by atoms with E-state index in [9.17, 15) is 5.11 Å². The van der Waals surface area contributed by atoms with E-state index < -0.39 is 0 Å². The van der Waals surface area contributed by atoms with Gasteiger partial charge >= 0.3 is 0 Å². The van der Waals surface area contributed by atoms with Crippen LogP contribution in [0.15, 0.2) is 28.7 Å². The zero-order chi connectivity index (χ0) is 11.7.